The minimum absolute atomic E-state index is 0. The van der Waals surface area contributed by atoms with Gasteiger partial charge in [0.2, 0.25) is 5.91 Å². The average molecular weight is 385 g/mol. The zero-order valence-electron chi connectivity index (χ0n) is 14.8. The van der Waals surface area contributed by atoms with Crippen LogP contribution in [0.25, 0.3) is 0 Å². The number of thioether (sulfide) groups is 1. The predicted molar refractivity (Wildman–Crippen MR) is 105 cm³/mol. The van der Waals surface area contributed by atoms with Crippen molar-refractivity contribution in [3.63, 3.8) is 0 Å². The number of hydrogen-bond donors (Lipinski definition) is 2. The van der Waals surface area contributed by atoms with Crippen molar-refractivity contribution in [1.29, 1.82) is 0 Å². The number of carbonyl (C=O) groups is 1. The summed E-state index contributed by atoms with van der Waals surface area (Å²) in [5.74, 6) is 0.0294. The van der Waals surface area contributed by atoms with Crippen molar-refractivity contribution in [3.8, 4) is 0 Å². The number of benzene rings is 1. The van der Waals surface area contributed by atoms with E-state index in [9.17, 15) is 4.79 Å². The fraction of sp³-hybridized carbons (Fsp3) is 0.632. The molecule has 1 aromatic carbocycles. The van der Waals surface area contributed by atoms with Gasteiger partial charge in [-0.3, -0.25) is 4.79 Å². The first kappa shape index (κ1) is 20.6. The molecule has 25 heavy (non-hydrogen) atoms. The molecule has 0 bridgehead atoms. The van der Waals surface area contributed by atoms with Crippen LogP contribution >= 0.6 is 24.2 Å². The van der Waals surface area contributed by atoms with E-state index in [1.54, 1.807) is 0 Å². The Balaban J connectivity index is 0.00000225. The summed E-state index contributed by atoms with van der Waals surface area (Å²) in [6.45, 7) is 3.32. The number of nitrogens with one attached hydrogen (secondary N) is 1. The Hall–Kier alpha value is -0.750. The lowest BCUT2D eigenvalue weighted by molar-refractivity contribution is -0.131. The zero-order valence-corrected chi connectivity index (χ0v) is 16.5. The van der Waals surface area contributed by atoms with Gasteiger partial charge in [0, 0.05) is 22.7 Å². The number of aryl methyl sites for hydroxylation is 1. The van der Waals surface area contributed by atoms with Crippen molar-refractivity contribution in [2.75, 3.05) is 13.1 Å². The van der Waals surface area contributed by atoms with Crippen LogP contribution < -0.4 is 11.1 Å². The molecule has 4 nitrogen and oxygen atoms in total. The van der Waals surface area contributed by atoms with E-state index in [1.165, 1.54) is 23.3 Å². The van der Waals surface area contributed by atoms with Crippen LogP contribution in [0, 0.1) is 6.92 Å². The largest absolute Gasteiger partial charge is 0.364 e. The van der Waals surface area contributed by atoms with Crippen LogP contribution in [-0.4, -0.2) is 36.0 Å². The first-order valence-electron chi connectivity index (χ1n) is 8.99. The Morgan fingerprint density at radius 2 is 1.96 bits per heavy atom. The average Bonchev–Trinajstić information content (AvgIpc) is 3.25. The van der Waals surface area contributed by atoms with Crippen molar-refractivity contribution >= 4 is 30.1 Å². The van der Waals surface area contributed by atoms with Crippen LogP contribution in [0.15, 0.2) is 29.2 Å². The van der Waals surface area contributed by atoms with Crippen molar-refractivity contribution in [1.82, 2.24) is 5.32 Å². The Morgan fingerprint density at radius 1 is 1.28 bits per heavy atom. The zero-order chi connectivity index (χ0) is 17.0. The fourth-order valence-corrected chi connectivity index (χ4v) is 5.03. The molecule has 1 amide bonds. The number of ether oxygens (including phenoxy) is 1. The van der Waals surface area contributed by atoms with Gasteiger partial charge in [0.25, 0.3) is 0 Å². The highest BCUT2D eigenvalue weighted by molar-refractivity contribution is 8.00. The number of rotatable bonds is 6. The van der Waals surface area contributed by atoms with Crippen LogP contribution in [-0.2, 0) is 9.53 Å². The monoisotopic (exact) mass is 384 g/mol. The molecule has 0 radical (unpaired) electrons. The third-order valence-electron chi connectivity index (χ3n) is 5.12. The van der Waals surface area contributed by atoms with Gasteiger partial charge in [0.05, 0.1) is 6.10 Å². The van der Waals surface area contributed by atoms with E-state index in [0.717, 1.165) is 32.2 Å². The fourth-order valence-electron chi connectivity index (χ4n) is 3.62. The summed E-state index contributed by atoms with van der Waals surface area (Å²) < 4.78 is 5.83. The van der Waals surface area contributed by atoms with Crippen LogP contribution in [0.1, 0.15) is 44.1 Å². The van der Waals surface area contributed by atoms with Gasteiger partial charge in [-0.15, -0.1) is 24.2 Å². The molecule has 3 N–H and O–H groups in total. The smallest absolute Gasteiger partial charge is 0.249 e. The Bertz CT molecular complexity index is 561. The molecule has 1 saturated carbocycles. The van der Waals surface area contributed by atoms with E-state index in [4.69, 9.17) is 10.5 Å². The number of carbonyl (C=O) groups excluding carboxylic acids is 1. The van der Waals surface area contributed by atoms with Crippen LogP contribution in [0.2, 0.25) is 0 Å². The number of halogens is 1. The first-order valence-corrected chi connectivity index (χ1v) is 9.81. The SMILES string of the molecule is Cc1ccc(SC2(CNC(=O)[C@@H]3CC[C@H](CN)O3)CCCC2)cc1.Cl. The van der Waals surface area contributed by atoms with Crippen LogP contribution in [0.5, 0.6) is 0 Å². The molecule has 1 saturated heterocycles. The molecular formula is C19H29ClN2O2S. The van der Waals surface area contributed by atoms with E-state index in [2.05, 4.69) is 36.5 Å². The molecule has 140 valence electrons. The maximum Gasteiger partial charge on any atom is 0.249 e. The van der Waals surface area contributed by atoms with Gasteiger partial charge in [-0.25, -0.2) is 0 Å². The van der Waals surface area contributed by atoms with Crippen molar-refractivity contribution in [3.05, 3.63) is 29.8 Å². The molecule has 1 heterocycles. The van der Waals surface area contributed by atoms with Gasteiger partial charge < -0.3 is 15.8 Å². The second kappa shape index (κ2) is 9.26. The molecule has 2 atom stereocenters. The molecule has 6 heteroatoms. The lowest BCUT2D eigenvalue weighted by atomic mass is 10.1. The van der Waals surface area contributed by atoms with E-state index in [-0.39, 0.29) is 35.3 Å². The highest BCUT2D eigenvalue weighted by Gasteiger charge is 2.37. The molecule has 1 aromatic rings. The van der Waals surface area contributed by atoms with Gasteiger partial charge in [0.1, 0.15) is 6.10 Å². The Labute approximate surface area is 161 Å². The highest BCUT2D eigenvalue weighted by atomic mass is 35.5. The van der Waals surface area contributed by atoms with Crippen molar-refractivity contribution < 1.29 is 9.53 Å². The molecule has 2 fully saturated rings. The summed E-state index contributed by atoms with van der Waals surface area (Å²) in [6.07, 6.45) is 6.19. The van der Waals surface area contributed by atoms with Crippen molar-refractivity contribution in [2.24, 2.45) is 5.73 Å². The molecule has 0 unspecified atom stereocenters. The number of hydrogen-bond acceptors (Lipinski definition) is 4. The van der Waals surface area contributed by atoms with Gasteiger partial charge in [-0.05, 0) is 44.7 Å². The third-order valence-corrected chi connectivity index (χ3v) is 6.61. The van der Waals surface area contributed by atoms with Gasteiger partial charge in [0.15, 0.2) is 0 Å². The number of amides is 1. The Kier molecular flexibility index (Phi) is 7.62. The molecule has 1 aliphatic carbocycles. The summed E-state index contributed by atoms with van der Waals surface area (Å²) in [5, 5.41) is 3.16. The molecule has 1 aliphatic heterocycles. The summed E-state index contributed by atoms with van der Waals surface area (Å²) in [4.78, 5) is 13.7. The van der Waals surface area contributed by atoms with Gasteiger partial charge >= 0.3 is 0 Å². The minimum atomic E-state index is -0.318. The molecular weight excluding hydrogens is 356 g/mol. The van der Waals surface area contributed by atoms with Gasteiger partial charge in [-0.1, -0.05) is 30.5 Å². The van der Waals surface area contributed by atoms with Crippen LogP contribution in [0.3, 0.4) is 0 Å². The summed E-state index contributed by atoms with van der Waals surface area (Å²) in [5.41, 5.74) is 6.91. The van der Waals surface area contributed by atoms with E-state index in [1.807, 2.05) is 11.8 Å². The molecule has 3 rings (SSSR count). The van der Waals surface area contributed by atoms with E-state index in [0.29, 0.717) is 6.54 Å². The second-order valence-corrected chi connectivity index (χ2v) is 8.62. The maximum absolute atomic E-state index is 12.4. The standard InChI is InChI=1S/C19H28N2O2S.ClH/c1-14-4-7-16(8-5-14)24-19(10-2-3-11-19)13-21-18(22)17-9-6-15(12-20)23-17;/h4-5,7-8,15,17H,2-3,6,9-13,20H2,1H3,(H,21,22);1H/t15-,17+;/m1./s1. The van der Waals surface area contributed by atoms with E-state index >= 15 is 0 Å². The maximum atomic E-state index is 12.4. The first-order chi connectivity index (χ1) is 11.6. The third kappa shape index (κ3) is 5.36. The Morgan fingerprint density at radius 3 is 2.56 bits per heavy atom. The molecule has 0 spiro atoms. The quantitative estimate of drug-likeness (QED) is 0.788. The normalized spacial score (nSPS) is 24.7. The minimum Gasteiger partial charge on any atom is -0.364 e. The topological polar surface area (TPSA) is 64.4 Å². The summed E-state index contributed by atoms with van der Waals surface area (Å²) in [7, 11) is 0. The van der Waals surface area contributed by atoms with E-state index < -0.39 is 0 Å². The number of nitrogens with two attached hydrogens (primary N) is 1. The molecule has 0 aromatic heterocycles. The van der Waals surface area contributed by atoms with Crippen LogP contribution in [0.4, 0.5) is 0 Å². The highest BCUT2D eigenvalue weighted by Crippen LogP contribution is 2.45. The molecule has 2 aliphatic rings. The second-order valence-electron chi connectivity index (χ2n) is 7.08. The lowest BCUT2D eigenvalue weighted by Gasteiger charge is -2.29. The van der Waals surface area contributed by atoms with Gasteiger partial charge in [-0.2, -0.15) is 0 Å². The lowest BCUT2D eigenvalue weighted by Crippen LogP contribution is -2.43. The predicted octanol–water partition coefficient (Wildman–Crippen LogP) is 3.44. The summed E-state index contributed by atoms with van der Waals surface area (Å²) in [6, 6.07) is 8.69. The summed E-state index contributed by atoms with van der Waals surface area (Å²) >= 11 is 1.92. The van der Waals surface area contributed by atoms with Crippen molar-refractivity contribution in [2.45, 2.75) is 67.3 Å².